The fourth-order valence-corrected chi connectivity index (χ4v) is 2.60. The Morgan fingerprint density at radius 1 is 1.60 bits per heavy atom. The van der Waals surface area contributed by atoms with Gasteiger partial charge in [-0.05, 0) is 25.3 Å². The van der Waals surface area contributed by atoms with Crippen LogP contribution in [0.1, 0.15) is 31.7 Å². The number of pyridine rings is 1. The summed E-state index contributed by atoms with van der Waals surface area (Å²) in [5, 5.41) is 2.97. The molecule has 1 N–H and O–H groups in total. The molecule has 1 aromatic rings. The summed E-state index contributed by atoms with van der Waals surface area (Å²) in [5.41, 5.74) is 0.883. The second kappa shape index (κ2) is 7.24. The van der Waals surface area contributed by atoms with Gasteiger partial charge in [-0.1, -0.05) is 13.0 Å². The number of nitrogens with one attached hydrogen (secondary N) is 1. The molecule has 1 aliphatic rings. The second-order valence-electron chi connectivity index (χ2n) is 4.96. The van der Waals surface area contributed by atoms with Crippen LogP contribution < -0.4 is 10.1 Å². The molecular weight excluding hydrogens is 256 g/mol. The SMILES string of the molecule is CCC1OCCCC1C(=O)NCc1cccnc1OC. The standard InChI is InChI=1S/C15H22N2O3/c1-3-13-12(7-5-9-20-13)14(18)17-10-11-6-4-8-16-15(11)19-2/h4,6,8,12-13H,3,5,7,9-10H2,1-2H3,(H,17,18). The highest BCUT2D eigenvalue weighted by atomic mass is 16.5. The first kappa shape index (κ1) is 14.8. The van der Waals surface area contributed by atoms with Gasteiger partial charge in [0.1, 0.15) is 0 Å². The molecule has 1 aromatic heterocycles. The first-order valence-electron chi connectivity index (χ1n) is 7.13. The summed E-state index contributed by atoms with van der Waals surface area (Å²) in [7, 11) is 1.58. The topological polar surface area (TPSA) is 60.5 Å². The van der Waals surface area contributed by atoms with E-state index in [0.717, 1.165) is 31.4 Å². The van der Waals surface area contributed by atoms with Crippen molar-refractivity contribution in [1.29, 1.82) is 0 Å². The molecule has 2 rings (SSSR count). The minimum Gasteiger partial charge on any atom is -0.481 e. The van der Waals surface area contributed by atoms with Crippen LogP contribution in [0.15, 0.2) is 18.3 Å². The number of aromatic nitrogens is 1. The predicted molar refractivity (Wildman–Crippen MR) is 75.4 cm³/mol. The molecule has 5 nitrogen and oxygen atoms in total. The lowest BCUT2D eigenvalue weighted by Crippen LogP contribution is -2.41. The number of amides is 1. The maximum Gasteiger partial charge on any atom is 0.226 e. The van der Waals surface area contributed by atoms with Crippen molar-refractivity contribution in [3.63, 3.8) is 0 Å². The van der Waals surface area contributed by atoms with Crippen LogP contribution in [-0.4, -0.2) is 30.7 Å². The molecule has 1 amide bonds. The smallest absolute Gasteiger partial charge is 0.226 e. The minimum atomic E-state index is -0.0450. The molecule has 0 radical (unpaired) electrons. The van der Waals surface area contributed by atoms with Gasteiger partial charge in [0.2, 0.25) is 11.8 Å². The van der Waals surface area contributed by atoms with Crippen molar-refractivity contribution in [3.05, 3.63) is 23.9 Å². The Morgan fingerprint density at radius 2 is 2.45 bits per heavy atom. The number of ether oxygens (including phenoxy) is 2. The zero-order chi connectivity index (χ0) is 14.4. The van der Waals surface area contributed by atoms with Crippen LogP contribution in [0.2, 0.25) is 0 Å². The van der Waals surface area contributed by atoms with Crippen molar-refractivity contribution in [2.45, 2.75) is 38.8 Å². The van der Waals surface area contributed by atoms with Gasteiger partial charge in [-0.15, -0.1) is 0 Å². The Morgan fingerprint density at radius 3 is 3.20 bits per heavy atom. The molecule has 0 aliphatic carbocycles. The third kappa shape index (κ3) is 3.48. The number of methoxy groups -OCH3 is 1. The van der Waals surface area contributed by atoms with Crippen LogP contribution in [0.25, 0.3) is 0 Å². The summed E-state index contributed by atoms with van der Waals surface area (Å²) in [5.74, 6) is 0.568. The normalized spacial score (nSPS) is 22.3. The molecule has 1 saturated heterocycles. The fourth-order valence-electron chi connectivity index (χ4n) is 2.60. The van der Waals surface area contributed by atoms with Crippen molar-refractivity contribution in [2.24, 2.45) is 5.92 Å². The fraction of sp³-hybridized carbons (Fsp3) is 0.600. The van der Waals surface area contributed by atoms with E-state index in [2.05, 4.69) is 17.2 Å². The van der Waals surface area contributed by atoms with E-state index >= 15 is 0 Å². The third-order valence-corrected chi connectivity index (χ3v) is 3.68. The van der Waals surface area contributed by atoms with Gasteiger partial charge in [0.15, 0.2) is 0 Å². The molecule has 110 valence electrons. The van der Waals surface area contributed by atoms with Crippen LogP contribution in [0.5, 0.6) is 5.88 Å². The van der Waals surface area contributed by atoms with Gasteiger partial charge in [-0.3, -0.25) is 4.79 Å². The Bertz CT molecular complexity index is 450. The largest absolute Gasteiger partial charge is 0.481 e. The summed E-state index contributed by atoms with van der Waals surface area (Å²) in [6, 6.07) is 3.74. The molecular formula is C15H22N2O3. The van der Waals surface area contributed by atoms with Crippen molar-refractivity contribution < 1.29 is 14.3 Å². The number of carbonyl (C=O) groups excluding carboxylic acids is 1. The molecule has 2 unspecified atom stereocenters. The average Bonchev–Trinajstić information content (AvgIpc) is 2.52. The van der Waals surface area contributed by atoms with Gasteiger partial charge in [0.25, 0.3) is 0 Å². The molecule has 1 fully saturated rings. The van der Waals surface area contributed by atoms with E-state index in [4.69, 9.17) is 9.47 Å². The van der Waals surface area contributed by atoms with Gasteiger partial charge in [0.05, 0.1) is 19.1 Å². The molecule has 0 spiro atoms. The van der Waals surface area contributed by atoms with Crippen LogP contribution in [0.4, 0.5) is 0 Å². The number of carbonyl (C=O) groups is 1. The zero-order valence-corrected chi connectivity index (χ0v) is 12.1. The first-order valence-corrected chi connectivity index (χ1v) is 7.13. The minimum absolute atomic E-state index is 0.0412. The van der Waals surface area contributed by atoms with Crippen LogP contribution >= 0.6 is 0 Å². The lowest BCUT2D eigenvalue weighted by Gasteiger charge is -2.30. The Hall–Kier alpha value is -1.62. The molecule has 2 atom stereocenters. The maximum atomic E-state index is 12.3. The highest BCUT2D eigenvalue weighted by Crippen LogP contribution is 2.23. The van der Waals surface area contributed by atoms with E-state index in [1.54, 1.807) is 13.3 Å². The molecule has 1 aliphatic heterocycles. The highest BCUT2D eigenvalue weighted by Gasteiger charge is 2.30. The van der Waals surface area contributed by atoms with Crippen LogP contribution in [0.3, 0.4) is 0 Å². The first-order chi connectivity index (χ1) is 9.76. The van der Waals surface area contributed by atoms with E-state index in [0.29, 0.717) is 12.4 Å². The predicted octanol–water partition coefficient (Wildman–Crippen LogP) is 1.91. The van der Waals surface area contributed by atoms with Gasteiger partial charge in [0, 0.05) is 24.9 Å². The second-order valence-corrected chi connectivity index (χ2v) is 4.96. The van der Waals surface area contributed by atoms with Gasteiger partial charge >= 0.3 is 0 Å². The summed E-state index contributed by atoms with van der Waals surface area (Å²) in [6.45, 7) is 3.25. The van der Waals surface area contributed by atoms with Crippen LogP contribution in [0, 0.1) is 5.92 Å². The summed E-state index contributed by atoms with van der Waals surface area (Å²) in [6.07, 6.45) is 4.43. The summed E-state index contributed by atoms with van der Waals surface area (Å²) < 4.78 is 10.8. The molecule has 0 saturated carbocycles. The zero-order valence-electron chi connectivity index (χ0n) is 12.1. The Labute approximate surface area is 119 Å². The third-order valence-electron chi connectivity index (χ3n) is 3.68. The van der Waals surface area contributed by atoms with Crippen molar-refractivity contribution >= 4 is 5.91 Å². The van der Waals surface area contributed by atoms with Gasteiger partial charge in [-0.2, -0.15) is 0 Å². The number of nitrogens with zero attached hydrogens (tertiary/aromatic N) is 1. The average molecular weight is 278 g/mol. The van der Waals surface area contributed by atoms with Crippen LogP contribution in [-0.2, 0) is 16.1 Å². The lowest BCUT2D eigenvalue weighted by molar-refractivity contribution is -0.134. The van der Waals surface area contributed by atoms with E-state index in [1.807, 2.05) is 12.1 Å². The van der Waals surface area contributed by atoms with Crippen molar-refractivity contribution in [3.8, 4) is 5.88 Å². The number of hydrogen-bond donors (Lipinski definition) is 1. The van der Waals surface area contributed by atoms with Crippen molar-refractivity contribution in [1.82, 2.24) is 10.3 Å². The van der Waals surface area contributed by atoms with E-state index in [-0.39, 0.29) is 17.9 Å². The number of rotatable bonds is 5. The molecule has 20 heavy (non-hydrogen) atoms. The van der Waals surface area contributed by atoms with E-state index in [9.17, 15) is 4.79 Å². The lowest BCUT2D eigenvalue weighted by atomic mass is 9.92. The molecule has 2 heterocycles. The van der Waals surface area contributed by atoms with Crippen molar-refractivity contribution in [2.75, 3.05) is 13.7 Å². The Balaban J connectivity index is 1.94. The molecule has 0 aromatic carbocycles. The van der Waals surface area contributed by atoms with E-state index in [1.165, 1.54) is 0 Å². The van der Waals surface area contributed by atoms with E-state index < -0.39 is 0 Å². The van der Waals surface area contributed by atoms with Gasteiger partial charge < -0.3 is 14.8 Å². The highest BCUT2D eigenvalue weighted by molar-refractivity contribution is 5.79. The Kier molecular flexibility index (Phi) is 5.35. The quantitative estimate of drug-likeness (QED) is 0.894. The molecule has 0 bridgehead atoms. The maximum absolute atomic E-state index is 12.3. The van der Waals surface area contributed by atoms with Gasteiger partial charge in [-0.25, -0.2) is 4.98 Å². The molecule has 5 heteroatoms. The summed E-state index contributed by atoms with van der Waals surface area (Å²) >= 11 is 0. The summed E-state index contributed by atoms with van der Waals surface area (Å²) in [4.78, 5) is 16.4. The number of hydrogen-bond acceptors (Lipinski definition) is 4. The monoisotopic (exact) mass is 278 g/mol.